The molecule has 0 saturated carbocycles. The first-order valence-corrected chi connectivity index (χ1v) is 2.98. The summed E-state index contributed by atoms with van der Waals surface area (Å²) in [7, 11) is 0. The van der Waals surface area contributed by atoms with Crippen LogP contribution in [0.5, 0.6) is 0 Å². The van der Waals surface area contributed by atoms with E-state index in [1.54, 1.807) is 0 Å². The molecule has 1 fully saturated rings. The van der Waals surface area contributed by atoms with E-state index in [0.717, 1.165) is 6.92 Å². The molecule has 4 nitrogen and oxygen atoms in total. The van der Waals surface area contributed by atoms with Crippen molar-refractivity contribution in [3.05, 3.63) is 0 Å². The smallest absolute Gasteiger partial charge is 0.345 e. The fourth-order valence-corrected chi connectivity index (χ4v) is 0.734. The van der Waals surface area contributed by atoms with Crippen molar-refractivity contribution in [2.75, 3.05) is 6.61 Å². The van der Waals surface area contributed by atoms with Gasteiger partial charge in [0.1, 0.15) is 0 Å². The normalized spacial score (nSPS) is 33.8. The lowest BCUT2D eigenvalue weighted by Gasteiger charge is -2.23. The summed E-state index contributed by atoms with van der Waals surface area (Å²) in [5, 5.41) is 9.09. The Morgan fingerprint density at radius 1 is 1.60 bits per heavy atom. The third-order valence-corrected chi connectivity index (χ3v) is 1.50. The number of hydrogen-bond acceptors (Lipinski definition) is 4. The van der Waals surface area contributed by atoms with Gasteiger partial charge in [-0.3, -0.25) is 4.79 Å². The van der Waals surface area contributed by atoms with Crippen LogP contribution in [-0.2, 0) is 14.3 Å². The Morgan fingerprint density at radius 2 is 2.20 bits per heavy atom. The van der Waals surface area contributed by atoms with Crippen LogP contribution < -0.4 is 0 Å². The Kier molecular flexibility index (Phi) is 1.48. The van der Waals surface area contributed by atoms with Crippen molar-refractivity contribution in [3.63, 3.8) is 0 Å². The Labute approximate surface area is 57.8 Å². The summed E-state index contributed by atoms with van der Waals surface area (Å²) in [4.78, 5) is 21.4. The Balaban J connectivity index is 2.83. The average Bonchev–Trinajstić information content (AvgIpc) is 1.84. The Morgan fingerprint density at radius 3 is 2.60 bits per heavy atom. The summed E-state index contributed by atoms with van der Waals surface area (Å²) in [6.45, 7) is 1.24. The molecule has 4 heteroatoms. The van der Waals surface area contributed by atoms with E-state index >= 15 is 0 Å². The highest BCUT2D eigenvalue weighted by Gasteiger charge is 2.42. The highest BCUT2D eigenvalue weighted by Crippen LogP contribution is 2.15. The third-order valence-electron chi connectivity index (χ3n) is 1.50. The number of ether oxygens (including phenoxy) is 1. The molecule has 1 unspecified atom stereocenters. The predicted octanol–water partition coefficient (Wildman–Crippen LogP) is -0.747. The second-order valence-corrected chi connectivity index (χ2v) is 2.38. The molecule has 1 aliphatic rings. The molecule has 1 N–H and O–H groups in total. The van der Waals surface area contributed by atoms with E-state index in [1.165, 1.54) is 0 Å². The number of carbonyl (C=O) groups excluding carboxylic acids is 2. The molecule has 1 aliphatic heterocycles. The van der Waals surface area contributed by atoms with Crippen molar-refractivity contribution in [2.24, 2.45) is 0 Å². The fraction of sp³-hybridized carbons (Fsp3) is 0.667. The topological polar surface area (TPSA) is 63.6 Å². The van der Waals surface area contributed by atoms with Gasteiger partial charge in [0.15, 0.2) is 5.78 Å². The molecule has 0 radical (unpaired) electrons. The van der Waals surface area contributed by atoms with Crippen LogP contribution in [0.3, 0.4) is 0 Å². The van der Waals surface area contributed by atoms with Crippen LogP contribution in [0.25, 0.3) is 0 Å². The molecule has 0 spiro atoms. The number of aliphatic hydroxyl groups is 1. The van der Waals surface area contributed by atoms with E-state index in [0.29, 0.717) is 0 Å². The molecule has 0 aromatic carbocycles. The van der Waals surface area contributed by atoms with Crippen LogP contribution in [0.4, 0.5) is 0 Å². The summed E-state index contributed by atoms with van der Waals surface area (Å²) in [6, 6.07) is 0. The Bertz CT molecular complexity index is 164. The minimum Gasteiger partial charge on any atom is -0.463 e. The molecule has 0 aromatic heterocycles. The second kappa shape index (κ2) is 2.05. The van der Waals surface area contributed by atoms with Gasteiger partial charge in [0.05, 0.1) is 6.61 Å². The monoisotopic (exact) mass is 144 g/mol. The maximum absolute atomic E-state index is 10.8. The zero-order valence-corrected chi connectivity index (χ0v) is 5.59. The maximum atomic E-state index is 10.8. The summed E-state index contributed by atoms with van der Waals surface area (Å²) >= 11 is 0. The number of hydrogen-bond donors (Lipinski definition) is 1. The quantitative estimate of drug-likeness (QED) is 0.359. The van der Waals surface area contributed by atoms with Gasteiger partial charge in [0.2, 0.25) is 5.60 Å². The van der Waals surface area contributed by atoms with Crippen molar-refractivity contribution in [1.29, 1.82) is 0 Å². The van der Waals surface area contributed by atoms with Gasteiger partial charge >= 0.3 is 5.97 Å². The minimum atomic E-state index is -1.90. The number of esters is 1. The van der Waals surface area contributed by atoms with Crippen molar-refractivity contribution in [2.45, 2.75) is 18.9 Å². The standard InChI is InChI=1S/C6H8O4/c1-6(9)4(7)2-3-10-5(6)8/h9H,2-3H2,1H3. The van der Waals surface area contributed by atoms with E-state index < -0.39 is 17.4 Å². The van der Waals surface area contributed by atoms with Crippen LogP contribution in [0, 0.1) is 0 Å². The van der Waals surface area contributed by atoms with Crippen molar-refractivity contribution < 1.29 is 19.4 Å². The van der Waals surface area contributed by atoms with Gasteiger partial charge in [-0.2, -0.15) is 0 Å². The lowest BCUT2D eigenvalue weighted by atomic mass is 9.97. The van der Waals surface area contributed by atoms with Crippen LogP contribution in [0.2, 0.25) is 0 Å². The zero-order valence-electron chi connectivity index (χ0n) is 5.59. The van der Waals surface area contributed by atoms with Crippen LogP contribution in [0.15, 0.2) is 0 Å². The molecule has 0 aromatic rings. The van der Waals surface area contributed by atoms with E-state index in [9.17, 15) is 9.59 Å². The van der Waals surface area contributed by atoms with Crippen LogP contribution in [0.1, 0.15) is 13.3 Å². The average molecular weight is 144 g/mol. The predicted molar refractivity (Wildman–Crippen MR) is 31.2 cm³/mol. The number of ketones is 1. The third kappa shape index (κ3) is 0.903. The molecular weight excluding hydrogens is 136 g/mol. The largest absolute Gasteiger partial charge is 0.463 e. The minimum absolute atomic E-state index is 0.0911. The first kappa shape index (κ1) is 7.21. The van der Waals surface area contributed by atoms with E-state index in [2.05, 4.69) is 4.74 Å². The molecular formula is C6H8O4. The van der Waals surface area contributed by atoms with Crippen LogP contribution in [-0.4, -0.2) is 29.1 Å². The summed E-state index contributed by atoms with van der Waals surface area (Å²) in [5.74, 6) is -1.31. The van der Waals surface area contributed by atoms with Gasteiger partial charge in [-0.1, -0.05) is 0 Å². The summed E-state index contributed by atoms with van der Waals surface area (Å²) in [5.41, 5.74) is -1.90. The number of carbonyl (C=O) groups is 2. The SMILES string of the molecule is CC1(O)C(=O)CCOC1=O. The first-order valence-electron chi connectivity index (χ1n) is 2.98. The molecule has 56 valence electrons. The van der Waals surface area contributed by atoms with Gasteiger partial charge in [-0.05, 0) is 6.92 Å². The van der Waals surface area contributed by atoms with Gasteiger partial charge < -0.3 is 9.84 Å². The van der Waals surface area contributed by atoms with Gasteiger partial charge in [-0.15, -0.1) is 0 Å². The number of rotatable bonds is 0. The second-order valence-electron chi connectivity index (χ2n) is 2.38. The zero-order chi connectivity index (χ0) is 7.78. The molecule has 1 atom stereocenters. The molecule has 10 heavy (non-hydrogen) atoms. The first-order chi connectivity index (χ1) is 4.55. The highest BCUT2D eigenvalue weighted by molar-refractivity contribution is 6.07. The summed E-state index contributed by atoms with van der Waals surface area (Å²) < 4.78 is 4.45. The van der Waals surface area contributed by atoms with Gasteiger partial charge in [0, 0.05) is 6.42 Å². The van der Waals surface area contributed by atoms with Gasteiger partial charge in [-0.25, -0.2) is 4.79 Å². The molecule has 0 aliphatic carbocycles. The lowest BCUT2D eigenvalue weighted by molar-refractivity contribution is -0.175. The van der Waals surface area contributed by atoms with E-state index in [-0.39, 0.29) is 13.0 Å². The Hall–Kier alpha value is -0.900. The molecule has 1 rings (SSSR count). The van der Waals surface area contributed by atoms with Crippen molar-refractivity contribution in [1.82, 2.24) is 0 Å². The molecule has 1 saturated heterocycles. The maximum Gasteiger partial charge on any atom is 0.345 e. The fourth-order valence-electron chi connectivity index (χ4n) is 0.734. The number of Topliss-reactive ketones (excluding diaryl/α,β-unsaturated/α-hetero) is 1. The van der Waals surface area contributed by atoms with Crippen molar-refractivity contribution in [3.8, 4) is 0 Å². The highest BCUT2D eigenvalue weighted by atomic mass is 16.6. The van der Waals surface area contributed by atoms with Crippen LogP contribution >= 0.6 is 0 Å². The lowest BCUT2D eigenvalue weighted by Crippen LogP contribution is -2.48. The van der Waals surface area contributed by atoms with Gasteiger partial charge in [0.25, 0.3) is 0 Å². The summed E-state index contributed by atoms with van der Waals surface area (Å²) in [6.07, 6.45) is 0.110. The van der Waals surface area contributed by atoms with E-state index in [1.807, 2.05) is 0 Å². The van der Waals surface area contributed by atoms with E-state index in [4.69, 9.17) is 5.11 Å². The molecule has 1 heterocycles. The van der Waals surface area contributed by atoms with Crippen molar-refractivity contribution >= 4 is 11.8 Å². The number of cyclic esters (lactones) is 1. The molecule has 0 amide bonds. The molecule has 0 bridgehead atoms.